The number of esters is 2. The van der Waals surface area contributed by atoms with E-state index in [4.69, 9.17) is 4.74 Å². The van der Waals surface area contributed by atoms with Gasteiger partial charge >= 0.3 is 11.9 Å². The zero-order chi connectivity index (χ0) is 20.9. The van der Waals surface area contributed by atoms with Crippen molar-refractivity contribution in [1.82, 2.24) is 0 Å². The summed E-state index contributed by atoms with van der Waals surface area (Å²) in [6.07, 6.45) is -1.10. The summed E-state index contributed by atoms with van der Waals surface area (Å²) < 4.78 is 37.3. The van der Waals surface area contributed by atoms with Crippen LogP contribution in [0.4, 0.5) is 5.69 Å². The Hall–Kier alpha value is -2.87. The number of methoxy groups -OCH3 is 1. The Morgan fingerprint density at radius 3 is 2.32 bits per heavy atom. The predicted molar refractivity (Wildman–Crippen MR) is 105 cm³/mol. The van der Waals surface area contributed by atoms with E-state index in [1.54, 1.807) is 44.2 Å². The fourth-order valence-corrected chi connectivity index (χ4v) is 4.38. The van der Waals surface area contributed by atoms with Crippen molar-refractivity contribution in [1.29, 1.82) is 0 Å². The summed E-state index contributed by atoms with van der Waals surface area (Å²) in [6, 6.07) is 13.0. The van der Waals surface area contributed by atoms with Crippen LogP contribution in [0.1, 0.15) is 29.8 Å². The van der Waals surface area contributed by atoms with Gasteiger partial charge < -0.3 is 9.47 Å². The first-order valence-corrected chi connectivity index (χ1v) is 10.1. The number of para-hydroxylation sites is 1. The van der Waals surface area contributed by atoms with Crippen molar-refractivity contribution < 1.29 is 27.5 Å². The minimum absolute atomic E-state index is 0.00151. The number of carbonyl (C=O) groups excluding carboxylic acids is 2. The van der Waals surface area contributed by atoms with Crippen LogP contribution in [0.25, 0.3) is 0 Å². The molecule has 150 valence electrons. The first-order chi connectivity index (χ1) is 13.2. The van der Waals surface area contributed by atoms with Crippen LogP contribution in [-0.4, -0.2) is 40.1 Å². The van der Waals surface area contributed by atoms with Gasteiger partial charge in [0, 0.05) is 6.54 Å². The van der Waals surface area contributed by atoms with Gasteiger partial charge in [-0.3, -0.25) is 4.31 Å². The molecule has 1 unspecified atom stereocenters. The molecule has 1 atom stereocenters. The van der Waals surface area contributed by atoms with Crippen molar-refractivity contribution >= 4 is 27.6 Å². The standard InChI is InChI=1S/C20H23NO6S/c1-5-21(17-9-7-6-8-10-17)28(24,25)18-13-16(12-11-14(18)2)20(23)27-15(3)19(22)26-4/h6-13,15H,5H2,1-4H3. The van der Waals surface area contributed by atoms with Crippen LogP contribution in [0, 0.1) is 6.92 Å². The highest BCUT2D eigenvalue weighted by atomic mass is 32.2. The molecule has 0 fully saturated rings. The fourth-order valence-electron chi connectivity index (χ4n) is 2.65. The van der Waals surface area contributed by atoms with E-state index in [9.17, 15) is 18.0 Å². The van der Waals surface area contributed by atoms with Gasteiger partial charge in [-0.15, -0.1) is 0 Å². The summed E-state index contributed by atoms with van der Waals surface area (Å²) in [6.45, 7) is 4.98. The normalized spacial score (nSPS) is 12.1. The molecule has 7 nitrogen and oxygen atoms in total. The lowest BCUT2D eigenvalue weighted by molar-refractivity contribution is -0.149. The van der Waals surface area contributed by atoms with Crippen molar-refractivity contribution in [3.05, 3.63) is 59.7 Å². The van der Waals surface area contributed by atoms with Crippen LogP contribution in [0.3, 0.4) is 0 Å². The van der Waals surface area contributed by atoms with Gasteiger partial charge in [0.25, 0.3) is 10.0 Å². The van der Waals surface area contributed by atoms with Gasteiger partial charge in [0.15, 0.2) is 6.10 Å². The fraction of sp³-hybridized carbons (Fsp3) is 0.300. The summed E-state index contributed by atoms with van der Waals surface area (Å²) in [7, 11) is -2.72. The predicted octanol–water partition coefficient (Wildman–Crippen LogP) is 2.93. The smallest absolute Gasteiger partial charge is 0.346 e. The molecule has 0 saturated heterocycles. The third-order valence-corrected chi connectivity index (χ3v) is 6.19. The minimum atomic E-state index is -3.91. The maximum absolute atomic E-state index is 13.2. The highest BCUT2D eigenvalue weighted by molar-refractivity contribution is 7.92. The highest BCUT2D eigenvalue weighted by Gasteiger charge is 2.27. The van der Waals surface area contributed by atoms with Crippen molar-refractivity contribution in [3.63, 3.8) is 0 Å². The molecule has 2 aromatic carbocycles. The minimum Gasteiger partial charge on any atom is -0.466 e. The van der Waals surface area contributed by atoms with E-state index in [1.807, 2.05) is 0 Å². The Balaban J connectivity index is 2.41. The molecule has 0 aliphatic heterocycles. The molecule has 0 heterocycles. The van der Waals surface area contributed by atoms with Crippen LogP contribution in [0.5, 0.6) is 0 Å². The number of rotatable bonds is 7. The van der Waals surface area contributed by atoms with E-state index in [1.165, 1.54) is 36.5 Å². The topological polar surface area (TPSA) is 90.0 Å². The number of carbonyl (C=O) groups is 2. The van der Waals surface area contributed by atoms with Crippen LogP contribution in [0.2, 0.25) is 0 Å². The molecular weight excluding hydrogens is 382 g/mol. The quantitative estimate of drug-likeness (QED) is 0.658. The van der Waals surface area contributed by atoms with Crippen LogP contribution in [-0.2, 0) is 24.3 Å². The van der Waals surface area contributed by atoms with E-state index in [0.29, 0.717) is 11.3 Å². The number of aryl methyl sites for hydroxylation is 1. The monoisotopic (exact) mass is 405 g/mol. The van der Waals surface area contributed by atoms with Crippen molar-refractivity contribution in [3.8, 4) is 0 Å². The molecule has 0 aliphatic carbocycles. The number of benzene rings is 2. The van der Waals surface area contributed by atoms with Crippen LogP contribution >= 0.6 is 0 Å². The summed E-state index contributed by atoms with van der Waals surface area (Å²) in [5, 5.41) is 0. The van der Waals surface area contributed by atoms with Crippen LogP contribution < -0.4 is 4.31 Å². The number of anilines is 1. The van der Waals surface area contributed by atoms with Crippen molar-refractivity contribution in [2.75, 3.05) is 18.0 Å². The Bertz CT molecular complexity index is 956. The molecule has 0 radical (unpaired) electrons. The van der Waals surface area contributed by atoms with Crippen LogP contribution in [0.15, 0.2) is 53.4 Å². The Morgan fingerprint density at radius 2 is 1.75 bits per heavy atom. The Labute approximate surface area is 164 Å². The maximum Gasteiger partial charge on any atom is 0.346 e. The van der Waals surface area contributed by atoms with Gasteiger partial charge in [-0.2, -0.15) is 0 Å². The molecule has 0 amide bonds. The largest absolute Gasteiger partial charge is 0.466 e. The van der Waals surface area contributed by atoms with E-state index < -0.39 is 28.1 Å². The molecule has 0 aliphatic rings. The summed E-state index contributed by atoms with van der Waals surface area (Å²) in [5.41, 5.74) is 1.05. The van der Waals surface area contributed by atoms with E-state index >= 15 is 0 Å². The lowest BCUT2D eigenvalue weighted by atomic mass is 10.1. The first-order valence-electron chi connectivity index (χ1n) is 8.69. The third-order valence-electron chi connectivity index (χ3n) is 4.14. The van der Waals surface area contributed by atoms with Crippen molar-refractivity contribution in [2.45, 2.75) is 31.8 Å². The zero-order valence-electron chi connectivity index (χ0n) is 16.2. The Morgan fingerprint density at radius 1 is 1.11 bits per heavy atom. The lowest BCUT2D eigenvalue weighted by Crippen LogP contribution is -2.31. The molecule has 0 spiro atoms. The van der Waals surface area contributed by atoms with Gasteiger partial charge in [0.1, 0.15) is 0 Å². The van der Waals surface area contributed by atoms with E-state index in [-0.39, 0.29) is 17.0 Å². The molecular formula is C20H23NO6S. The Kier molecular flexibility index (Phi) is 6.80. The number of ether oxygens (including phenoxy) is 2. The number of hydrogen-bond acceptors (Lipinski definition) is 6. The van der Waals surface area contributed by atoms with Crippen molar-refractivity contribution in [2.24, 2.45) is 0 Å². The van der Waals surface area contributed by atoms with Gasteiger partial charge in [0.05, 0.1) is 23.3 Å². The zero-order valence-corrected chi connectivity index (χ0v) is 17.0. The van der Waals surface area contributed by atoms with Gasteiger partial charge in [-0.25, -0.2) is 18.0 Å². The molecule has 0 aromatic heterocycles. The molecule has 0 saturated carbocycles. The third kappa shape index (κ3) is 4.51. The van der Waals surface area contributed by atoms with E-state index in [0.717, 1.165) is 0 Å². The average molecular weight is 405 g/mol. The highest BCUT2D eigenvalue weighted by Crippen LogP contribution is 2.26. The average Bonchev–Trinajstić information content (AvgIpc) is 2.68. The second-order valence-electron chi connectivity index (χ2n) is 6.06. The second-order valence-corrected chi connectivity index (χ2v) is 7.89. The molecule has 0 N–H and O–H groups in total. The maximum atomic E-state index is 13.2. The molecule has 2 aromatic rings. The van der Waals surface area contributed by atoms with Gasteiger partial charge in [0.2, 0.25) is 0 Å². The molecule has 28 heavy (non-hydrogen) atoms. The van der Waals surface area contributed by atoms with Gasteiger partial charge in [-0.05, 0) is 50.6 Å². The first kappa shape index (κ1) is 21.4. The number of hydrogen-bond donors (Lipinski definition) is 0. The summed E-state index contributed by atoms with van der Waals surface area (Å²) in [4.78, 5) is 23.8. The summed E-state index contributed by atoms with van der Waals surface area (Å²) >= 11 is 0. The lowest BCUT2D eigenvalue weighted by Gasteiger charge is -2.24. The van der Waals surface area contributed by atoms with Gasteiger partial charge in [-0.1, -0.05) is 24.3 Å². The molecule has 2 rings (SSSR count). The van der Waals surface area contributed by atoms with E-state index in [2.05, 4.69) is 4.74 Å². The number of sulfonamides is 1. The number of nitrogens with zero attached hydrogens (tertiary/aromatic N) is 1. The summed E-state index contributed by atoms with van der Waals surface area (Å²) in [5.74, 6) is -1.51. The second kappa shape index (κ2) is 8.88. The molecule has 8 heteroatoms. The molecule has 0 bridgehead atoms. The SMILES string of the molecule is CCN(c1ccccc1)S(=O)(=O)c1cc(C(=O)OC(C)C(=O)OC)ccc1C.